The van der Waals surface area contributed by atoms with E-state index in [1.165, 1.54) is 0 Å². The van der Waals surface area contributed by atoms with Crippen LogP contribution in [0.5, 0.6) is 0 Å². The molecule has 0 amide bonds. The van der Waals surface area contributed by atoms with Gasteiger partial charge in [0, 0.05) is 11.1 Å². The molecule has 3 nitrogen and oxygen atoms in total. The maximum absolute atomic E-state index is 12.3. The molecular formula is C17H16O3. The predicted octanol–water partition coefficient (Wildman–Crippen LogP) is 3.50. The summed E-state index contributed by atoms with van der Waals surface area (Å²) in [6.45, 7) is 1.85. The predicted molar refractivity (Wildman–Crippen MR) is 77.0 cm³/mol. The summed E-state index contributed by atoms with van der Waals surface area (Å²) in [5.74, 6) is -0.997. The van der Waals surface area contributed by atoms with Gasteiger partial charge in [0.15, 0.2) is 5.78 Å². The molecule has 3 heteroatoms. The van der Waals surface area contributed by atoms with Gasteiger partial charge >= 0.3 is 5.97 Å². The summed E-state index contributed by atoms with van der Waals surface area (Å²) in [6.07, 6.45) is 0.0585. The molecule has 0 fully saturated rings. The van der Waals surface area contributed by atoms with E-state index in [2.05, 4.69) is 0 Å². The molecule has 0 bridgehead atoms. The van der Waals surface area contributed by atoms with Crippen LogP contribution in [0.15, 0.2) is 54.6 Å². The van der Waals surface area contributed by atoms with Crippen molar-refractivity contribution in [2.45, 2.75) is 19.3 Å². The van der Waals surface area contributed by atoms with E-state index < -0.39 is 5.97 Å². The molecule has 0 radical (unpaired) electrons. The van der Waals surface area contributed by atoms with Crippen molar-refractivity contribution in [3.63, 3.8) is 0 Å². The zero-order valence-corrected chi connectivity index (χ0v) is 11.2. The van der Waals surface area contributed by atoms with Crippen molar-refractivity contribution in [2.75, 3.05) is 0 Å². The Labute approximate surface area is 117 Å². The quantitative estimate of drug-likeness (QED) is 0.844. The molecule has 0 heterocycles. The maximum atomic E-state index is 12.3. The van der Waals surface area contributed by atoms with Crippen LogP contribution in [-0.4, -0.2) is 16.9 Å². The first-order valence-corrected chi connectivity index (χ1v) is 6.49. The van der Waals surface area contributed by atoms with Crippen LogP contribution in [-0.2, 0) is 4.79 Å². The maximum Gasteiger partial charge on any atom is 0.303 e. The van der Waals surface area contributed by atoms with Crippen molar-refractivity contribution < 1.29 is 14.7 Å². The van der Waals surface area contributed by atoms with Crippen LogP contribution in [0.4, 0.5) is 0 Å². The van der Waals surface area contributed by atoms with Crippen LogP contribution in [0.25, 0.3) is 0 Å². The van der Waals surface area contributed by atoms with Crippen molar-refractivity contribution in [3.05, 3.63) is 71.3 Å². The fourth-order valence-corrected chi connectivity index (χ4v) is 2.12. The Morgan fingerprint density at radius 3 is 2.30 bits per heavy atom. The molecule has 0 saturated carbocycles. The molecule has 0 spiro atoms. The van der Waals surface area contributed by atoms with Crippen molar-refractivity contribution in [1.29, 1.82) is 0 Å². The summed E-state index contributed by atoms with van der Waals surface area (Å²) in [5, 5.41) is 8.83. The Morgan fingerprint density at radius 2 is 1.65 bits per heavy atom. The standard InChI is InChI=1S/C17H16O3/c1-12(10-16(18)19)14-8-5-9-15(11-14)17(20)13-6-3-2-4-7-13/h2-9,11-12H,10H2,1H3,(H,18,19). The second-order valence-corrected chi connectivity index (χ2v) is 4.82. The Balaban J connectivity index is 2.26. The average molecular weight is 268 g/mol. The van der Waals surface area contributed by atoms with E-state index in [1.54, 1.807) is 30.3 Å². The van der Waals surface area contributed by atoms with Gasteiger partial charge in [-0.15, -0.1) is 0 Å². The minimum absolute atomic E-state index is 0.0463. The van der Waals surface area contributed by atoms with Gasteiger partial charge in [0.1, 0.15) is 0 Å². The second kappa shape index (κ2) is 6.15. The molecule has 102 valence electrons. The number of aliphatic carboxylic acids is 1. The topological polar surface area (TPSA) is 54.4 Å². The third kappa shape index (κ3) is 3.32. The van der Waals surface area contributed by atoms with Crippen molar-refractivity contribution in [3.8, 4) is 0 Å². The highest BCUT2D eigenvalue weighted by Crippen LogP contribution is 2.21. The van der Waals surface area contributed by atoms with Crippen LogP contribution >= 0.6 is 0 Å². The van der Waals surface area contributed by atoms with Crippen LogP contribution in [0.1, 0.15) is 40.7 Å². The molecule has 0 aliphatic heterocycles. The van der Waals surface area contributed by atoms with Crippen LogP contribution in [0.3, 0.4) is 0 Å². The number of carbonyl (C=O) groups excluding carboxylic acids is 1. The summed E-state index contributed by atoms with van der Waals surface area (Å²) < 4.78 is 0. The molecule has 1 N–H and O–H groups in total. The lowest BCUT2D eigenvalue weighted by Crippen LogP contribution is -2.05. The lowest BCUT2D eigenvalue weighted by Gasteiger charge is -2.10. The van der Waals surface area contributed by atoms with Crippen LogP contribution in [0, 0.1) is 0 Å². The number of ketones is 1. The molecular weight excluding hydrogens is 252 g/mol. The fraction of sp³-hybridized carbons (Fsp3) is 0.176. The molecule has 2 aromatic rings. The van der Waals surface area contributed by atoms with Crippen molar-refractivity contribution in [2.24, 2.45) is 0 Å². The molecule has 20 heavy (non-hydrogen) atoms. The molecule has 0 saturated heterocycles. The molecule has 0 aliphatic carbocycles. The first kappa shape index (κ1) is 14.0. The summed E-state index contributed by atoms with van der Waals surface area (Å²) in [7, 11) is 0. The van der Waals surface area contributed by atoms with E-state index in [-0.39, 0.29) is 18.1 Å². The lowest BCUT2D eigenvalue weighted by atomic mass is 9.94. The van der Waals surface area contributed by atoms with Crippen molar-refractivity contribution in [1.82, 2.24) is 0 Å². The SMILES string of the molecule is CC(CC(=O)O)c1cccc(C(=O)c2ccccc2)c1. The zero-order valence-electron chi connectivity index (χ0n) is 11.2. The zero-order chi connectivity index (χ0) is 14.5. The van der Waals surface area contributed by atoms with E-state index in [0.717, 1.165) is 5.56 Å². The molecule has 1 atom stereocenters. The molecule has 2 rings (SSSR count). The normalized spacial score (nSPS) is 11.8. The number of hydrogen-bond donors (Lipinski definition) is 1. The summed E-state index contributed by atoms with van der Waals surface area (Å²) >= 11 is 0. The van der Waals surface area contributed by atoms with Gasteiger partial charge in [-0.3, -0.25) is 9.59 Å². The van der Waals surface area contributed by atoms with E-state index in [0.29, 0.717) is 11.1 Å². The largest absolute Gasteiger partial charge is 0.481 e. The van der Waals surface area contributed by atoms with Gasteiger partial charge in [0.2, 0.25) is 0 Å². The summed E-state index contributed by atoms with van der Waals surface area (Å²) in [6, 6.07) is 16.2. The van der Waals surface area contributed by atoms with Gasteiger partial charge in [0.05, 0.1) is 6.42 Å². The van der Waals surface area contributed by atoms with Gasteiger partial charge in [-0.05, 0) is 17.5 Å². The first-order chi connectivity index (χ1) is 9.58. The Hall–Kier alpha value is -2.42. The highest BCUT2D eigenvalue weighted by molar-refractivity contribution is 6.09. The Kier molecular flexibility index (Phi) is 4.31. The molecule has 0 aliphatic rings. The number of carboxylic acids is 1. The van der Waals surface area contributed by atoms with E-state index >= 15 is 0 Å². The monoisotopic (exact) mass is 268 g/mol. The summed E-state index contributed by atoms with van der Waals surface area (Å²) in [5.41, 5.74) is 2.09. The third-order valence-corrected chi connectivity index (χ3v) is 3.23. The van der Waals surface area contributed by atoms with E-state index in [1.807, 2.05) is 31.2 Å². The highest BCUT2D eigenvalue weighted by Gasteiger charge is 2.13. The van der Waals surface area contributed by atoms with Gasteiger partial charge in [-0.25, -0.2) is 0 Å². The average Bonchev–Trinajstić information content (AvgIpc) is 2.47. The van der Waals surface area contributed by atoms with Crippen molar-refractivity contribution >= 4 is 11.8 Å². The van der Waals surface area contributed by atoms with E-state index in [4.69, 9.17) is 5.11 Å². The second-order valence-electron chi connectivity index (χ2n) is 4.82. The van der Waals surface area contributed by atoms with Crippen LogP contribution in [0.2, 0.25) is 0 Å². The number of benzene rings is 2. The third-order valence-electron chi connectivity index (χ3n) is 3.23. The van der Waals surface area contributed by atoms with Gasteiger partial charge in [-0.1, -0.05) is 55.5 Å². The Bertz CT molecular complexity index is 617. The Morgan fingerprint density at radius 1 is 1.00 bits per heavy atom. The molecule has 0 aromatic heterocycles. The lowest BCUT2D eigenvalue weighted by molar-refractivity contribution is -0.137. The van der Waals surface area contributed by atoms with E-state index in [9.17, 15) is 9.59 Å². The summed E-state index contributed by atoms with van der Waals surface area (Å²) in [4.78, 5) is 23.1. The first-order valence-electron chi connectivity index (χ1n) is 6.49. The number of hydrogen-bond acceptors (Lipinski definition) is 2. The highest BCUT2D eigenvalue weighted by atomic mass is 16.4. The van der Waals surface area contributed by atoms with Gasteiger partial charge in [-0.2, -0.15) is 0 Å². The van der Waals surface area contributed by atoms with Gasteiger partial charge in [0.25, 0.3) is 0 Å². The number of rotatable bonds is 5. The fourth-order valence-electron chi connectivity index (χ4n) is 2.12. The molecule has 1 unspecified atom stereocenters. The minimum Gasteiger partial charge on any atom is -0.481 e. The minimum atomic E-state index is -0.836. The number of carboxylic acid groups (broad SMARTS) is 1. The smallest absolute Gasteiger partial charge is 0.303 e. The van der Waals surface area contributed by atoms with Gasteiger partial charge < -0.3 is 5.11 Å². The number of carbonyl (C=O) groups is 2. The molecule has 2 aromatic carbocycles. The van der Waals surface area contributed by atoms with Crippen LogP contribution < -0.4 is 0 Å².